The van der Waals surface area contributed by atoms with Crippen molar-refractivity contribution in [2.75, 3.05) is 20.3 Å². The third-order valence-electron chi connectivity index (χ3n) is 9.51. The average Bonchev–Trinajstić information content (AvgIpc) is 3.25. The molecule has 3 fully saturated rings. The zero-order valence-electron chi connectivity index (χ0n) is 19.1. The van der Waals surface area contributed by atoms with Gasteiger partial charge in [0.2, 0.25) is 0 Å². The van der Waals surface area contributed by atoms with E-state index in [1.165, 1.54) is 0 Å². The first-order chi connectivity index (χ1) is 14.3. The molecule has 0 spiro atoms. The van der Waals surface area contributed by atoms with Crippen molar-refractivity contribution < 1.29 is 24.2 Å². The van der Waals surface area contributed by atoms with E-state index in [9.17, 15) is 14.7 Å². The van der Waals surface area contributed by atoms with Gasteiger partial charge in [-0.25, -0.2) is 0 Å². The quantitative estimate of drug-likeness (QED) is 0.342. The molecule has 0 heterocycles. The number of methoxy groups -OCH3 is 1. The summed E-state index contributed by atoms with van der Waals surface area (Å²) in [5.74, 6) is 0.0432. The number of rotatable bonds is 9. The Bertz CT molecular complexity index is 744. The smallest absolute Gasteiger partial charge is 0.315 e. The fourth-order valence-electron chi connectivity index (χ4n) is 8.40. The standard InChI is InChI=1S/C25H38O5/c1-6-7-8-30-14-24-12-18-16(4)21(29-5)10-20(18)23(13-26)11-17(24)9-19(15(2)3)25(23,24)22(27)28/h9,13,15-18,20-21H,6-8,10-12,14H2,1-5H3,(H,27,28)/t16?,17?,18?,20?,21?,23-,24+,25-/m0/s1. The van der Waals surface area contributed by atoms with E-state index in [0.717, 1.165) is 37.5 Å². The lowest BCUT2D eigenvalue weighted by Gasteiger charge is -2.58. The molecule has 5 unspecified atom stereocenters. The van der Waals surface area contributed by atoms with Crippen LogP contribution < -0.4 is 0 Å². The van der Waals surface area contributed by atoms with Crippen molar-refractivity contribution in [3.63, 3.8) is 0 Å². The number of carboxylic acid groups (broad SMARTS) is 1. The van der Waals surface area contributed by atoms with Crippen LogP contribution in [0, 0.1) is 45.8 Å². The molecule has 8 atom stereocenters. The first-order valence-electron chi connectivity index (χ1n) is 11.8. The lowest BCUT2D eigenvalue weighted by Crippen LogP contribution is -2.63. The Morgan fingerprint density at radius 3 is 2.67 bits per heavy atom. The zero-order chi connectivity index (χ0) is 21.9. The summed E-state index contributed by atoms with van der Waals surface area (Å²) in [6, 6.07) is 0. The van der Waals surface area contributed by atoms with Crippen molar-refractivity contribution in [3.8, 4) is 0 Å². The third-order valence-corrected chi connectivity index (χ3v) is 9.51. The van der Waals surface area contributed by atoms with Gasteiger partial charge in [-0.2, -0.15) is 0 Å². The summed E-state index contributed by atoms with van der Waals surface area (Å²) in [7, 11) is 1.74. The molecule has 1 N–H and O–H groups in total. The van der Waals surface area contributed by atoms with E-state index in [1.807, 2.05) is 0 Å². The van der Waals surface area contributed by atoms with Crippen molar-refractivity contribution in [2.45, 2.75) is 65.9 Å². The Morgan fingerprint density at radius 1 is 1.37 bits per heavy atom. The third kappa shape index (κ3) is 2.37. The van der Waals surface area contributed by atoms with Crippen LogP contribution in [0.25, 0.3) is 0 Å². The van der Waals surface area contributed by atoms with Gasteiger partial charge in [-0.3, -0.25) is 4.79 Å². The number of aliphatic carboxylic acids is 1. The SMILES string of the molecule is CCCCOC[C@]12CC3C(C)C(OC)CC3[C@@]3(C=O)CC1C=C(C(C)C)[C@@]23C(=O)O. The van der Waals surface area contributed by atoms with Gasteiger partial charge >= 0.3 is 5.97 Å². The first-order valence-corrected chi connectivity index (χ1v) is 11.8. The minimum atomic E-state index is -1.16. The Morgan fingerprint density at radius 2 is 2.10 bits per heavy atom. The average molecular weight is 419 g/mol. The number of unbranched alkanes of at least 4 members (excludes halogenated alkanes) is 1. The van der Waals surface area contributed by atoms with Gasteiger partial charge < -0.3 is 19.4 Å². The summed E-state index contributed by atoms with van der Waals surface area (Å²) < 4.78 is 12.0. The molecular weight excluding hydrogens is 380 g/mol. The predicted octanol–water partition coefficient (Wildman–Crippen LogP) is 4.35. The highest BCUT2D eigenvalue weighted by Gasteiger charge is 2.84. The highest BCUT2D eigenvalue weighted by molar-refractivity contribution is 5.90. The summed E-state index contributed by atoms with van der Waals surface area (Å²) >= 11 is 0. The van der Waals surface area contributed by atoms with Gasteiger partial charge in [0.05, 0.1) is 18.1 Å². The molecule has 30 heavy (non-hydrogen) atoms. The Balaban J connectivity index is 1.88. The summed E-state index contributed by atoms with van der Waals surface area (Å²) in [5, 5.41) is 10.9. The predicted molar refractivity (Wildman–Crippen MR) is 114 cm³/mol. The molecule has 0 aromatic carbocycles. The van der Waals surface area contributed by atoms with E-state index >= 15 is 0 Å². The maximum Gasteiger partial charge on any atom is 0.315 e. The minimum Gasteiger partial charge on any atom is -0.481 e. The van der Waals surface area contributed by atoms with Gasteiger partial charge in [0.1, 0.15) is 11.7 Å². The molecule has 3 saturated carbocycles. The van der Waals surface area contributed by atoms with Crippen LogP contribution in [-0.4, -0.2) is 43.8 Å². The van der Waals surface area contributed by atoms with Crippen molar-refractivity contribution in [1.82, 2.24) is 0 Å². The van der Waals surface area contributed by atoms with Gasteiger partial charge in [-0.15, -0.1) is 0 Å². The van der Waals surface area contributed by atoms with Crippen LogP contribution in [0.1, 0.15) is 59.8 Å². The van der Waals surface area contributed by atoms with Crippen LogP contribution in [-0.2, 0) is 19.1 Å². The van der Waals surface area contributed by atoms with Gasteiger partial charge in [0.15, 0.2) is 0 Å². The van der Waals surface area contributed by atoms with Crippen LogP contribution in [0.4, 0.5) is 0 Å². The Labute approximate surface area is 180 Å². The van der Waals surface area contributed by atoms with Crippen LogP contribution in [0.5, 0.6) is 0 Å². The number of carboxylic acids is 1. The lowest BCUT2D eigenvalue weighted by molar-refractivity contribution is -0.186. The van der Waals surface area contributed by atoms with Crippen molar-refractivity contribution >= 4 is 12.3 Å². The molecule has 4 aliphatic carbocycles. The minimum absolute atomic E-state index is 0.0577. The molecule has 0 aromatic rings. The van der Waals surface area contributed by atoms with E-state index in [1.54, 1.807) is 7.11 Å². The number of ether oxygens (including phenoxy) is 2. The van der Waals surface area contributed by atoms with E-state index in [2.05, 4.69) is 33.8 Å². The molecule has 4 rings (SSSR count). The maximum absolute atomic E-state index is 13.3. The molecule has 5 heteroatoms. The molecule has 0 radical (unpaired) electrons. The topological polar surface area (TPSA) is 72.8 Å². The summed E-state index contributed by atoms with van der Waals surface area (Å²) in [5.41, 5.74) is -1.60. The molecule has 4 bridgehead atoms. The van der Waals surface area contributed by atoms with Crippen LogP contribution >= 0.6 is 0 Å². The number of fused-ring (bicyclic) bond motifs is 2. The molecule has 4 aliphatic rings. The summed E-state index contributed by atoms with van der Waals surface area (Å²) in [6.45, 7) is 9.58. The molecule has 168 valence electrons. The Hall–Kier alpha value is -1.20. The number of allylic oxidation sites excluding steroid dienone is 1. The van der Waals surface area contributed by atoms with E-state index < -0.39 is 22.2 Å². The maximum atomic E-state index is 13.3. The van der Waals surface area contributed by atoms with Crippen molar-refractivity contribution in [1.29, 1.82) is 0 Å². The second-order valence-corrected chi connectivity index (χ2v) is 10.7. The fourth-order valence-corrected chi connectivity index (χ4v) is 8.40. The first kappa shape index (κ1) is 22.0. The highest BCUT2D eigenvalue weighted by atomic mass is 16.5. The monoisotopic (exact) mass is 418 g/mol. The second kappa shape index (κ2) is 7.44. The van der Waals surface area contributed by atoms with Gasteiger partial charge in [-0.05, 0) is 55.3 Å². The van der Waals surface area contributed by atoms with Crippen molar-refractivity contribution in [2.24, 2.45) is 45.8 Å². The molecular formula is C25H38O5. The van der Waals surface area contributed by atoms with Gasteiger partial charge in [0, 0.05) is 19.1 Å². The number of hydrogen-bond acceptors (Lipinski definition) is 4. The normalized spacial score (nSPS) is 46.2. The molecule has 0 aliphatic heterocycles. The van der Waals surface area contributed by atoms with Crippen LogP contribution in [0.2, 0.25) is 0 Å². The van der Waals surface area contributed by atoms with E-state index in [0.29, 0.717) is 31.5 Å². The van der Waals surface area contributed by atoms with E-state index in [-0.39, 0.29) is 23.9 Å². The fraction of sp³-hybridized carbons (Fsp3) is 0.840. The van der Waals surface area contributed by atoms with Gasteiger partial charge in [0.25, 0.3) is 0 Å². The molecule has 0 saturated heterocycles. The second-order valence-electron chi connectivity index (χ2n) is 10.7. The number of carbonyl (C=O) groups is 2. The number of carbonyl (C=O) groups excluding carboxylic acids is 1. The summed E-state index contributed by atoms with van der Waals surface area (Å²) in [4.78, 5) is 26.3. The van der Waals surface area contributed by atoms with E-state index in [4.69, 9.17) is 9.47 Å². The molecule has 0 amide bonds. The lowest BCUT2D eigenvalue weighted by atomic mass is 9.43. The molecule has 0 aromatic heterocycles. The Kier molecular flexibility index (Phi) is 5.46. The number of hydrogen-bond donors (Lipinski definition) is 1. The largest absolute Gasteiger partial charge is 0.481 e. The van der Waals surface area contributed by atoms with Crippen molar-refractivity contribution in [3.05, 3.63) is 11.6 Å². The van der Waals surface area contributed by atoms with Crippen LogP contribution in [0.15, 0.2) is 11.6 Å². The van der Waals surface area contributed by atoms with Crippen LogP contribution in [0.3, 0.4) is 0 Å². The highest BCUT2D eigenvalue weighted by Crippen LogP contribution is 2.82. The number of aldehydes is 1. The van der Waals surface area contributed by atoms with Gasteiger partial charge in [-0.1, -0.05) is 45.8 Å². The molecule has 5 nitrogen and oxygen atoms in total. The zero-order valence-corrected chi connectivity index (χ0v) is 19.1. The summed E-state index contributed by atoms with van der Waals surface area (Å²) in [6.07, 6.45) is 7.61.